The number of nitrogens with one attached hydrogen (secondary N) is 1. The quantitative estimate of drug-likeness (QED) is 0.829. The average Bonchev–Trinajstić information content (AvgIpc) is 3.03. The van der Waals surface area contributed by atoms with Crippen molar-refractivity contribution in [3.63, 3.8) is 0 Å². The summed E-state index contributed by atoms with van der Waals surface area (Å²) in [7, 11) is 1.95. The summed E-state index contributed by atoms with van der Waals surface area (Å²) in [4.78, 5) is 27.9. The van der Waals surface area contributed by atoms with Gasteiger partial charge in [0, 0.05) is 12.6 Å². The van der Waals surface area contributed by atoms with Crippen molar-refractivity contribution in [3.8, 4) is 0 Å². The molecular formula is C15H19N3O2. The van der Waals surface area contributed by atoms with Crippen LogP contribution in [-0.2, 0) is 0 Å². The number of hydrogen-bond donors (Lipinski definition) is 1. The van der Waals surface area contributed by atoms with Crippen LogP contribution < -0.4 is 5.32 Å². The van der Waals surface area contributed by atoms with Crippen LogP contribution in [0.4, 0.5) is 0 Å². The molecule has 0 radical (unpaired) electrons. The van der Waals surface area contributed by atoms with E-state index < -0.39 is 0 Å². The number of fused-ring (bicyclic) bond motifs is 1. The zero-order valence-corrected chi connectivity index (χ0v) is 11.6. The van der Waals surface area contributed by atoms with Gasteiger partial charge in [0.05, 0.1) is 17.8 Å². The highest BCUT2D eigenvalue weighted by molar-refractivity contribution is 6.21. The highest BCUT2D eigenvalue weighted by atomic mass is 16.2. The lowest BCUT2D eigenvalue weighted by Gasteiger charge is -2.25. The van der Waals surface area contributed by atoms with E-state index in [9.17, 15) is 9.59 Å². The van der Waals surface area contributed by atoms with Crippen molar-refractivity contribution in [1.82, 2.24) is 15.1 Å². The molecule has 1 unspecified atom stereocenters. The van der Waals surface area contributed by atoms with Crippen LogP contribution in [0, 0.1) is 0 Å². The van der Waals surface area contributed by atoms with Crippen LogP contribution in [0.1, 0.15) is 33.6 Å². The van der Waals surface area contributed by atoms with Gasteiger partial charge in [-0.05, 0) is 38.6 Å². The second-order valence-electron chi connectivity index (χ2n) is 5.56. The molecule has 0 bridgehead atoms. The van der Waals surface area contributed by atoms with E-state index >= 15 is 0 Å². The first-order valence-corrected chi connectivity index (χ1v) is 7.04. The lowest BCUT2D eigenvalue weighted by molar-refractivity contribution is 0.0559. The Kier molecular flexibility index (Phi) is 3.54. The zero-order chi connectivity index (χ0) is 14.1. The van der Waals surface area contributed by atoms with Crippen LogP contribution in [0.3, 0.4) is 0 Å². The van der Waals surface area contributed by atoms with Crippen LogP contribution in [-0.4, -0.2) is 54.5 Å². The fraction of sp³-hybridized carbons (Fsp3) is 0.467. The Bertz CT molecular complexity index is 503. The van der Waals surface area contributed by atoms with Crippen molar-refractivity contribution in [3.05, 3.63) is 35.4 Å². The molecule has 1 aromatic carbocycles. The third kappa shape index (κ3) is 2.34. The summed E-state index contributed by atoms with van der Waals surface area (Å²) < 4.78 is 0. The first-order chi connectivity index (χ1) is 9.66. The van der Waals surface area contributed by atoms with Gasteiger partial charge >= 0.3 is 0 Å². The number of amides is 2. The number of hydrogen-bond acceptors (Lipinski definition) is 4. The second-order valence-corrected chi connectivity index (χ2v) is 5.56. The summed E-state index contributed by atoms with van der Waals surface area (Å²) in [6, 6.07) is 7.48. The fourth-order valence-corrected chi connectivity index (χ4v) is 2.96. The zero-order valence-electron chi connectivity index (χ0n) is 11.6. The van der Waals surface area contributed by atoms with Gasteiger partial charge in [-0.15, -0.1) is 0 Å². The average molecular weight is 273 g/mol. The van der Waals surface area contributed by atoms with Crippen molar-refractivity contribution in [1.29, 1.82) is 0 Å². The van der Waals surface area contributed by atoms with Crippen LogP contribution in [0.2, 0.25) is 0 Å². The Morgan fingerprint density at radius 2 is 1.90 bits per heavy atom. The summed E-state index contributed by atoms with van der Waals surface area (Å²) in [5.74, 6) is -0.367. The molecule has 0 aromatic heterocycles. The van der Waals surface area contributed by atoms with Crippen LogP contribution >= 0.6 is 0 Å². The van der Waals surface area contributed by atoms with E-state index in [1.165, 1.54) is 11.3 Å². The first-order valence-electron chi connectivity index (χ1n) is 7.04. The third-order valence-electron chi connectivity index (χ3n) is 3.96. The minimum absolute atomic E-state index is 0.183. The molecule has 0 aliphatic carbocycles. The van der Waals surface area contributed by atoms with Crippen molar-refractivity contribution >= 4 is 11.8 Å². The summed E-state index contributed by atoms with van der Waals surface area (Å²) in [6.45, 7) is 2.27. The number of imide groups is 1. The fourth-order valence-electron chi connectivity index (χ4n) is 2.96. The molecule has 1 atom stereocenters. The smallest absolute Gasteiger partial charge is 0.262 e. The largest absolute Gasteiger partial charge is 0.313 e. The molecule has 0 spiro atoms. The Labute approximate surface area is 118 Å². The predicted octanol–water partition coefficient (Wildman–Crippen LogP) is 0.924. The lowest BCUT2D eigenvalue weighted by atomic mass is 10.1. The van der Waals surface area contributed by atoms with E-state index in [-0.39, 0.29) is 11.8 Å². The maximum absolute atomic E-state index is 12.2. The molecule has 20 heavy (non-hydrogen) atoms. The van der Waals surface area contributed by atoms with Crippen molar-refractivity contribution < 1.29 is 9.59 Å². The number of carbonyl (C=O) groups excluding carboxylic acids is 2. The molecule has 5 heteroatoms. The molecule has 1 fully saturated rings. The Morgan fingerprint density at radius 1 is 1.25 bits per heavy atom. The number of likely N-dealkylation sites (N-methyl/N-ethyl adjacent to an activating group) is 1. The van der Waals surface area contributed by atoms with Gasteiger partial charge in [0.15, 0.2) is 0 Å². The number of nitrogens with zero attached hydrogens (tertiary/aromatic N) is 2. The molecule has 2 aliphatic heterocycles. The standard InChI is InChI=1S/C15H19N3O2/c1-17(9-11-5-4-8-16-11)10-18-14(19)12-6-2-3-7-13(12)15(18)20/h2-3,6-7,11,16H,4-5,8-10H2,1H3. The topological polar surface area (TPSA) is 52.6 Å². The predicted molar refractivity (Wildman–Crippen MR) is 75.5 cm³/mol. The van der Waals surface area contributed by atoms with Gasteiger partial charge in [0.1, 0.15) is 0 Å². The summed E-state index contributed by atoms with van der Waals surface area (Å²) >= 11 is 0. The van der Waals surface area contributed by atoms with E-state index in [2.05, 4.69) is 5.32 Å². The second kappa shape index (κ2) is 5.34. The Morgan fingerprint density at radius 3 is 2.45 bits per heavy atom. The minimum atomic E-state index is -0.183. The highest BCUT2D eigenvalue weighted by Gasteiger charge is 2.35. The minimum Gasteiger partial charge on any atom is -0.313 e. The SMILES string of the molecule is CN(CC1CCCN1)CN1C(=O)c2ccccc2C1=O. The lowest BCUT2D eigenvalue weighted by Crippen LogP contribution is -2.43. The van der Waals surface area contributed by atoms with E-state index in [1.807, 2.05) is 11.9 Å². The first kappa shape index (κ1) is 13.3. The van der Waals surface area contributed by atoms with Gasteiger partial charge in [-0.25, -0.2) is 0 Å². The number of benzene rings is 1. The molecule has 1 N–H and O–H groups in total. The van der Waals surface area contributed by atoms with Crippen molar-refractivity contribution in [2.45, 2.75) is 18.9 Å². The van der Waals surface area contributed by atoms with Crippen LogP contribution in [0.25, 0.3) is 0 Å². The molecular weight excluding hydrogens is 254 g/mol. The maximum Gasteiger partial charge on any atom is 0.262 e. The van der Waals surface area contributed by atoms with Crippen molar-refractivity contribution in [2.24, 2.45) is 0 Å². The molecule has 2 heterocycles. The van der Waals surface area contributed by atoms with Gasteiger partial charge in [0.2, 0.25) is 0 Å². The van der Waals surface area contributed by atoms with Crippen LogP contribution in [0.5, 0.6) is 0 Å². The summed E-state index contributed by atoms with van der Waals surface area (Å²) in [6.07, 6.45) is 2.36. The van der Waals surface area contributed by atoms with E-state index in [0.29, 0.717) is 23.8 Å². The summed E-state index contributed by atoms with van der Waals surface area (Å²) in [5, 5.41) is 3.42. The van der Waals surface area contributed by atoms with E-state index in [0.717, 1.165) is 19.5 Å². The van der Waals surface area contributed by atoms with Gasteiger partial charge in [-0.2, -0.15) is 0 Å². The maximum atomic E-state index is 12.2. The van der Waals surface area contributed by atoms with Crippen LogP contribution in [0.15, 0.2) is 24.3 Å². The molecule has 3 rings (SSSR count). The molecule has 2 aliphatic rings. The normalized spacial score (nSPS) is 21.9. The molecule has 0 saturated carbocycles. The third-order valence-corrected chi connectivity index (χ3v) is 3.96. The van der Waals surface area contributed by atoms with Gasteiger partial charge < -0.3 is 5.32 Å². The highest BCUT2D eigenvalue weighted by Crippen LogP contribution is 2.22. The molecule has 5 nitrogen and oxygen atoms in total. The number of carbonyl (C=O) groups is 2. The van der Waals surface area contributed by atoms with E-state index in [4.69, 9.17) is 0 Å². The molecule has 106 valence electrons. The molecule has 1 saturated heterocycles. The molecule has 1 aromatic rings. The number of rotatable bonds is 4. The Balaban J connectivity index is 1.66. The monoisotopic (exact) mass is 273 g/mol. The van der Waals surface area contributed by atoms with E-state index in [1.54, 1.807) is 24.3 Å². The summed E-state index contributed by atoms with van der Waals surface area (Å²) in [5.41, 5.74) is 1.04. The van der Waals surface area contributed by atoms with Gasteiger partial charge in [-0.3, -0.25) is 19.4 Å². The van der Waals surface area contributed by atoms with Crippen molar-refractivity contribution in [2.75, 3.05) is 26.8 Å². The Hall–Kier alpha value is -1.72. The van der Waals surface area contributed by atoms with Gasteiger partial charge in [0.25, 0.3) is 11.8 Å². The molecule has 2 amide bonds. The van der Waals surface area contributed by atoms with Gasteiger partial charge in [-0.1, -0.05) is 12.1 Å².